The Morgan fingerprint density at radius 1 is 0.818 bits per heavy atom. The van der Waals surface area contributed by atoms with Crippen molar-refractivity contribution in [3.63, 3.8) is 0 Å². The Labute approximate surface area is 253 Å². The Hall–Kier alpha value is -5.62. The van der Waals surface area contributed by atoms with E-state index < -0.39 is 6.03 Å². The number of anilines is 4. The molecule has 0 atom stereocenters. The van der Waals surface area contributed by atoms with Gasteiger partial charge in [0.05, 0.1) is 18.7 Å². The lowest BCUT2D eigenvalue weighted by Gasteiger charge is -2.29. The summed E-state index contributed by atoms with van der Waals surface area (Å²) in [4.78, 5) is 46.6. The Kier molecular flexibility index (Phi) is 7.98. The first-order valence-electron chi connectivity index (χ1n) is 14.1. The first kappa shape index (κ1) is 28.5. The summed E-state index contributed by atoms with van der Waals surface area (Å²) in [5, 5.41) is 6.56. The maximum atomic E-state index is 12.6. The minimum Gasteiger partial charge on any atom is -0.378 e. The number of rotatable bonds is 6. The molecule has 1 saturated heterocycles. The molecular formula is C32H31N9O3. The molecule has 1 fully saturated rings. The van der Waals surface area contributed by atoms with Crippen LogP contribution in [0.15, 0.2) is 79.1 Å². The number of urea groups is 1. The largest absolute Gasteiger partial charge is 0.378 e. The van der Waals surface area contributed by atoms with Gasteiger partial charge < -0.3 is 30.9 Å². The summed E-state index contributed by atoms with van der Waals surface area (Å²) >= 11 is 0. The number of carbonyl (C=O) groups excluding carboxylic acids is 2. The van der Waals surface area contributed by atoms with Crippen LogP contribution in [0, 0.1) is 0 Å². The SMILES string of the molecule is CN(C)C(=O)c1ccc(NC(=O)Nc2ccc(-c3nc(N4CCOCC4)c4ccc(-c5cnc(N)nc5)cc4n3)cc2)cc1. The quantitative estimate of drug-likeness (QED) is 0.260. The van der Waals surface area contributed by atoms with Gasteiger partial charge in [0, 0.05) is 73.0 Å². The lowest BCUT2D eigenvalue weighted by Crippen LogP contribution is -2.37. The summed E-state index contributed by atoms with van der Waals surface area (Å²) in [5.74, 6) is 1.52. The molecule has 0 aliphatic carbocycles. The van der Waals surface area contributed by atoms with Crippen molar-refractivity contribution in [1.82, 2.24) is 24.8 Å². The molecule has 2 aromatic heterocycles. The van der Waals surface area contributed by atoms with Crippen molar-refractivity contribution in [3.05, 3.63) is 84.7 Å². The van der Waals surface area contributed by atoms with Crippen LogP contribution in [0.5, 0.6) is 0 Å². The second-order valence-electron chi connectivity index (χ2n) is 10.5. The smallest absolute Gasteiger partial charge is 0.323 e. The highest BCUT2D eigenvalue weighted by Gasteiger charge is 2.19. The topological polar surface area (TPSA) is 151 Å². The van der Waals surface area contributed by atoms with Crippen LogP contribution in [0.2, 0.25) is 0 Å². The van der Waals surface area contributed by atoms with Crippen LogP contribution in [0.3, 0.4) is 0 Å². The third-order valence-electron chi connectivity index (χ3n) is 7.19. The lowest BCUT2D eigenvalue weighted by atomic mass is 10.1. The van der Waals surface area contributed by atoms with E-state index >= 15 is 0 Å². The summed E-state index contributed by atoms with van der Waals surface area (Å²) in [5.41, 5.74) is 10.7. The minimum atomic E-state index is -0.403. The molecule has 0 saturated carbocycles. The van der Waals surface area contributed by atoms with Gasteiger partial charge in [-0.05, 0) is 66.2 Å². The van der Waals surface area contributed by atoms with Gasteiger partial charge in [-0.15, -0.1) is 0 Å². The monoisotopic (exact) mass is 589 g/mol. The van der Waals surface area contributed by atoms with Gasteiger partial charge in [-0.25, -0.2) is 24.7 Å². The van der Waals surface area contributed by atoms with E-state index in [0.717, 1.165) is 46.5 Å². The Balaban J connectivity index is 1.24. The first-order valence-corrected chi connectivity index (χ1v) is 14.1. The molecule has 0 unspecified atom stereocenters. The van der Waals surface area contributed by atoms with E-state index in [1.807, 2.05) is 30.3 Å². The fourth-order valence-electron chi connectivity index (χ4n) is 4.88. The Morgan fingerprint density at radius 3 is 2.07 bits per heavy atom. The normalized spacial score (nSPS) is 13.0. The number of nitrogens with one attached hydrogen (secondary N) is 2. The predicted octanol–water partition coefficient (Wildman–Crippen LogP) is 4.52. The van der Waals surface area contributed by atoms with Crippen LogP contribution in [0.25, 0.3) is 33.4 Å². The zero-order valence-electron chi connectivity index (χ0n) is 24.3. The fourth-order valence-corrected chi connectivity index (χ4v) is 4.88. The van der Waals surface area contributed by atoms with Gasteiger partial charge in [0.2, 0.25) is 5.95 Å². The number of hydrogen-bond acceptors (Lipinski definition) is 9. The summed E-state index contributed by atoms with van der Waals surface area (Å²) in [7, 11) is 3.38. The molecule has 3 amide bonds. The summed E-state index contributed by atoms with van der Waals surface area (Å²) < 4.78 is 5.58. The maximum Gasteiger partial charge on any atom is 0.323 e. The number of benzene rings is 3. The molecule has 3 aromatic carbocycles. The highest BCUT2D eigenvalue weighted by atomic mass is 16.5. The number of ether oxygens (including phenoxy) is 1. The first-order chi connectivity index (χ1) is 21.3. The Bertz CT molecular complexity index is 1800. The number of amides is 3. The van der Waals surface area contributed by atoms with Crippen LogP contribution in [-0.4, -0.2) is 77.2 Å². The molecule has 4 N–H and O–H groups in total. The maximum absolute atomic E-state index is 12.6. The van der Waals surface area contributed by atoms with E-state index in [4.69, 9.17) is 20.4 Å². The van der Waals surface area contributed by atoms with E-state index in [9.17, 15) is 9.59 Å². The molecule has 0 bridgehead atoms. The molecule has 12 nitrogen and oxygen atoms in total. The van der Waals surface area contributed by atoms with Crippen molar-refractivity contribution < 1.29 is 14.3 Å². The predicted molar refractivity (Wildman–Crippen MR) is 171 cm³/mol. The molecule has 1 aliphatic rings. The van der Waals surface area contributed by atoms with E-state index in [-0.39, 0.29) is 11.9 Å². The van der Waals surface area contributed by atoms with Crippen molar-refractivity contribution in [2.75, 3.05) is 61.7 Å². The third-order valence-corrected chi connectivity index (χ3v) is 7.19. The molecule has 1 aliphatic heterocycles. The van der Waals surface area contributed by atoms with E-state index in [1.165, 1.54) is 4.90 Å². The lowest BCUT2D eigenvalue weighted by molar-refractivity contribution is 0.0827. The van der Waals surface area contributed by atoms with Gasteiger partial charge >= 0.3 is 6.03 Å². The van der Waals surface area contributed by atoms with Crippen LogP contribution >= 0.6 is 0 Å². The van der Waals surface area contributed by atoms with Crippen LogP contribution in [0.4, 0.5) is 27.9 Å². The van der Waals surface area contributed by atoms with E-state index in [1.54, 1.807) is 62.9 Å². The molecule has 12 heteroatoms. The van der Waals surface area contributed by atoms with Gasteiger partial charge in [-0.2, -0.15) is 0 Å². The van der Waals surface area contributed by atoms with Crippen LogP contribution < -0.4 is 21.3 Å². The van der Waals surface area contributed by atoms with Crippen LogP contribution in [0.1, 0.15) is 10.4 Å². The summed E-state index contributed by atoms with van der Waals surface area (Å²) in [6.45, 7) is 2.71. The molecule has 5 aromatic rings. The second kappa shape index (κ2) is 12.3. The highest BCUT2D eigenvalue weighted by molar-refractivity contribution is 6.00. The molecule has 6 rings (SSSR count). The van der Waals surface area contributed by atoms with Gasteiger partial charge in [0.15, 0.2) is 5.82 Å². The van der Waals surface area contributed by atoms with Crippen molar-refractivity contribution >= 4 is 46.0 Å². The molecule has 44 heavy (non-hydrogen) atoms. The van der Waals surface area contributed by atoms with Crippen molar-refractivity contribution in [2.24, 2.45) is 0 Å². The number of nitrogens with zero attached hydrogens (tertiary/aromatic N) is 6. The number of morpholine rings is 1. The van der Waals surface area contributed by atoms with Gasteiger partial charge in [-0.1, -0.05) is 6.07 Å². The minimum absolute atomic E-state index is 0.106. The van der Waals surface area contributed by atoms with Gasteiger partial charge in [0.25, 0.3) is 5.91 Å². The molecule has 3 heterocycles. The molecule has 222 valence electrons. The van der Waals surface area contributed by atoms with E-state index in [2.05, 4.69) is 25.5 Å². The van der Waals surface area contributed by atoms with E-state index in [0.29, 0.717) is 36.0 Å². The molecule has 0 spiro atoms. The van der Waals surface area contributed by atoms with Crippen molar-refractivity contribution in [2.45, 2.75) is 0 Å². The Morgan fingerprint density at radius 2 is 1.43 bits per heavy atom. The van der Waals surface area contributed by atoms with Gasteiger partial charge in [-0.3, -0.25) is 4.79 Å². The van der Waals surface area contributed by atoms with Crippen molar-refractivity contribution in [1.29, 1.82) is 0 Å². The fraction of sp³-hybridized carbons (Fsp3) is 0.188. The second-order valence-corrected chi connectivity index (χ2v) is 10.5. The summed E-state index contributed by atoms with van der Waals surface area (Å²) in [6.07, 6.45) is 3.38. The zero-order chi connectivity index (χ0) is 30.6. The zero-order valence-corrected chi connectivity index (χ0v) is 24.3. The number of nitrogens with two attached hydrogens (primary N) is 1. The molecular weight excluding hydrogens is 558 g/mol. The number of carbonyl (C=O) groups is 2. The number of fused-ring (bicyclic) bond motifs is 1. The standard InChI is InChI=1S/C32H31N9O3/c1-40(2)30(42)21-5-10-25(11-6-21)37-32(43)36-24-8-3-20(4-9-24)28-38-27-17-22(23-18-34-31(33)35-19-23)7-12-26(27)29(39-28)41-13-15-44-16-14-41/h3-12,17-19H,13-16H2,1-2H3,(H2,33,34,35)(H2,36,37,43). The van der Waals surface area contributed by atoms with Gasteiger partial charge in [0.1, 0.15) is 5.82 Å². The third kappa shape index (κ3) is 6.25. The number of aromatic nitrogens is 4. The van der Waals surface area contributed by atoms with Crippen LogP contribution in [-0.2, 0) is 4.74 Å². The average Bonchev–Trinajstić information content (AvgIpc) is 3.05. The highest BCUT2D eigenvalue weighted by Crippen LogP contribution is 2.31. The average molecular weight is 590 g/mol. The molecule has 0 radical (unpaired) electrons. The number of hydrogen-bond donors (Lipinski definition) is 3. The summed E-state index contributed by atoms with van der Waals surface area (Å²) in [6, 6.07) is 19.7. The number of nitrogen functional groups attached to an aromatic ring is 1. The van der Waals surface area contributed by atoms with Crippen molar-refractivity contribution in [3.8, 4) is 22.5 Å².